The Bertz CT molecular complexity index is 388. The zero-order valence-corrected chi connectivity index (χ0v) is 11.0. The normalized spacial score (nSPS) is 12.0. The lowest BCUT2D eigenvalue weighted by atomic mass is 10.1. The lowest BCUT2D eigenvalue weighted by Gasteiger charge is -2.16. The van der Waals surface area contributed by atoms with E-state index in [0.29, 0.717) is 6.54 Å². The molecule has 94 valence electrons. The zero-order chi connectivity index (χ0) is 12.8. The van der Waals surface area contributed by atoms with Crippen molar-refractivity contribution in [2.24, 2.45) is 0 Å². The molecule has 0 radical (unpaired) electrons. The van der Waals surface area contributed by atoms with Gasteiger partial charge in [0, 0.05) is 6.54 Å². The van der Waals surface area contributed by atoms with Crippen LogP contribution >= 0.6 is 0 Å². The minimum Gasteiger partial charge on any atom is -0.481 e. The van der Waals surface area contributed by atoms with E-state index in [2.05, 4.69) is 5.32 Å². The molecule has 0 saturated carbocycles. The smallest absolute Gasteiger partial charge is 0.260 e. The summed E-state index contributed by atoms with van der Waals surface area (Å²) >= 11 is 0. The lowest BCUT2D eigenvalue weighted by Crippen LogP contribution is -2.36. The molecule has 0 spiro atoms. The van der Waals surface area contributed by atoms with Gasteiger partial charge in [-0.25, -0.2) is 0 Å². The van der Waals surface area contributed by atoms with Crippen LogP contribution in [0.2, 0.25) is 0 Å². The molecule has 0 saturated heterocycles. The minimum atomic E-state index is -0.456. The third kappa shape index (κ3) is 3.77. The third-order valence-electron chi connectivity index (χ3n) is 2.78. The van der Waals surface area contributed by atoms with Gasteiger partial charge in [-0.1, -0.05) is 19.1 Å². The van der Waals surface area contributed by atoms with Crippen LogP contribution in [0.1, 0.15) is 31.4 Å². The fraction of sp³-hybridized carbons (Fsp3) is 0.500. The summed E-state index contributed by atoms with van der Waals surface area (Å²) in [5.74, 6) is 0.719. The zero-order valence-electron chi connectivity index (χ0n) is 11.0. The van der Waals surface area contributed by atoms with Gasteiger partial charge in [0.2, 0.25) is 0 Å². The number of aryl methyl sites for hydroxylation is 1. The van der Waals surface area contributed by atoms with E-state index in [-0.39, 0.29) is 5.91 Å². The Balaban J connectivity index is 2.64. The van der Waals surface area contributed by atoms with Crippen molar-refractivity contribution in [3.63, 3.8) is 0 Å². The topological polar surface area (TPSA) is 38.3 Å². The fourth-order valence-corrected chi connectivity index (χ4v) is 1.49. The van der Waals surface area contributed by atoms with Gasteiger partial charge in [0.15, 0.2) is 6.10 Å². The minimum absolute atomic E-state index is 0.0623. The highest BCUT2D eigenvalue weighted by molar-refractivity contribution is 5.80. The van der Waals surface area contributed by atoms with Crippen LogP contribution in [-0.2, 0) is 4.79 Å². The molecule has 1 N–H and O–H groups in total. The van der Waals surface area contributed by atoms with Gasteiger partial charge in [-0.15, -0.1) is 0 Å². The number of carbonyl (C=O) groups excluding carboxylic acids is 1. The van der Waals surface area contributed by atoms with E-state index in [1.165, 1.54) is 5.56 Å². The second-order valence-electron chi connectivity index (χ2n) is 4.25. The second kappa shape index (κ2) is 6.28. The number of amides is 1. The molecule has 3 heteroatoms. The Labute approximate surface area is 103 Å². The Hall–Kier alpha value is -1.51. The van der Waals surface area contributed by atoms with Crippen molar-refractivity contribution in [3.8, 4) is 5.75 Å². The standard InChI is InChI=1S/C14H21NO2/c1-5-9-15-14(16)12(4)17-13-8-6-7-10(2)11(13)3/h6-8,12H,5,9H2,1-4H3,(H,15,16)/t12-/m0/s1. The van der Waals surface area contributed by atoms with Gasteiger partial charge in [0.05, 0.1) is 0 Å². The number of hydrogen-bond donors (Lipinski definition) is 1. The molecule has 0 aliphatic heterocycles. The predicted molar refractivity (Wildman–Crippen MR) is 69.3 cm³/mol. The molecule has 3 nitrogen and oxygen atoms in total. The summed E-state index contributed by atoms with van der Waals surface area (Å²) < 4.78 is 5.67. The number of rotatable bonds is 5. The number of hydrogen-bond acceptors (Lipinski definition) is 2. The monoisotopic (exact) mass is 235 g/mol. The van der Waals surface area contributed by atoms with Gasteiger partial charge >= 0.3 is 0 Å². The molecular weight excluding hydrogens is 214 g/mol. The molecule has 0 heterocycles. The van der Waals surface area contributed by atoms with Crippen LogP contribution in [0.25, 0.3) is 0 Å². The average Bonchev–Trinajstić information content (AvgIpc) is 2.31. The highest BCUT2D eigenvalue weighted by atomic mass is 16.5. The highest BCUT2D eigenvalue weighted by Gasteiger charge is 2.14. The summed E-state index contributed by atoms with van der Waals surface area (Å²) in [5.41, 5.74) is 2.26. The first-order valence-electron chi connectivity index (χ1n) is 6.06. The van der Waals surface area contributed by atoms with E-state index < -0.39 is 6.10 Å². The molecule has 0 aromatic heterocycles. The number of carbonyl (C=O) groups is 1. The summed E-state index contributed by atoms with van der Waals surface area (Å²) in [6, 6.07) is 5.87. The molecular formula is C14H21NO2. The van der Waals surface area contributed by atoms with Crippen LogP contribution in [0.15, 0.2) is 18.2 Å². The van der Waals surface area contributed by atoms with E-state index >= 15 is 0 Å². The Morgan fingerprint density at radius 1 is 1.41 bits per heavy atom. The van der Waals surface area contributed by atoms with Gasteiger partial charge in [-0.3, -0.25) is 4.79 Å². The van der Waals surface area contributed by atoms with E-state index in [0.717, 1.165) is 17.7 Å². The van der Waals surface area contributed by atoms with E-state index in [9.17, 15) is 4.79 Å². The number of benzene rings is 1. The molecule has 1 amide bonds. The SMILES string of the molecule is CCCNC(=O)[C@H](C)Oc1cccc(C)c1C. The van der Waals surface area contributed by atoms with Crippen molar-refractivity contribution in [2.45, 2.75) is 40.2 Å². The summed E-state index contributed by atoms with van der Waals surface area (Å²) in [7, 11) is 0. The van der Waals surface area contributed by atoms with E-state index in [1.807, 2.05) is 39.0 Å². The Kier molecular flexibility index (Phi) is 5.01. The fourth-order valence-electron chi connectivity index (χ4n) is 1.49. The van der Waals surface area contributed by atoms with Crippen LogP contribution in [0.3, 0.4) is 0 Å². The quantitative estimate of drug-likeness (QED) is 0.852. The van der Waals surface area contributed by atoms with Gasteiger partial charge in [0.1, 0.15) is 5.75 Å². The molecule has 0 fully saturated rings. The predicted octanol–water partition coefficient (Wildman–Crippen LogP) is 2.60. The largest absolute Gasteiger partial charge is 0.481 e. The van der Waals surface area contributed by atoms with Gasteiger partial charge in [0.25, 0.3) is 5.91 Å². The molecule has 0 aliphatic rings. The van der Waals surface area contributed by atoms with Crippen LogP contribution in [0.4, 0.5) is 0 Å². The number of nitrogens with one attached hydrogen (secondary N) is 1. The van der Waals surface area contributed by atoms with Crippen molar-refractivity contribution in [1.29, 1.82) is 0 Å². The van der Waals surface area contributed by atoms with Crippen LogP contribution < -0.4 is 10.1 Å². The molecule has 1 aromatic carbocycles. The number of ether oxygens (including phenoxy) is 1. The van der Waals surface area contributed by atoms with Crippen LogP contribution in [-0.4, -0.2) is 18.6 Å². The van der Waals surface area contributed by atoms with Gasteiger partial charge < -0.3 is 10.1 Å². The van der Waals surface area contributed by atoms with Crippen LogP contribution in [0.5, 0.6) is 5.75 Å². The summed E-state index contributed by atoms with van der Waals surface area (Å²) in [6.07, 6.45) is 0.476. The Morgan fingerprint density at radius 3 is 2.76 bits per heavy atom. The van der Waals surface area contributed by atoms with Crippen molar-refractivity contribution >= 4 is 5.91 Å². The van der Waals surface area contributed by atoms with E-state index in [1.54, 1.807) is 6.92 Å². The highest BCUT2D eigenvalue weighted by Crippen LogP contribution is 2.21. The molecule has 1 atom stereocenters. The van der Waals surface area contributed by atoms with E-state index in [4.69, 9.17) is 4.74 Å². The summed E-state index contributed by atoms with van der Waals surface area (Å²) in [4.78, 5) is 11.7. The van der Waals surface area contributed by atoms with Gasteiger partial charge in [-0.05, 0) is 44.4 Å². The first-order chi connectivity index (χ1) is 8.06. The van der Waals surface area contributed by atoms with Crippen molar-refractivity contribution < 1.29 is 9.53 Å². The van der Waals surface area contributed by atoms with Crippen molar-refractivity contribution in [2.75, 3.05) is 6.54 Å². The molecule has 0 bridgehead atoms. The Morgan fingerprint density at radius 2 is 2.12 bits per heavy atom. The third-order valence-corrected chi connectivity index (χ3v) is 2.78. The lowest BCUT2D eigenvalue weighted by molar-refractivity contribution is -0.127. The first-order valence-corrected chi connectivity index (χ1v) is 6.06. The summed E-state index contributed by atoms with van der Waals surface area (Å²) in [6.45, 7) is 8.52. The maximum atomic E-state index is 11.7. The maximum absolute atomic E-state index is 11.7. The molecule has 17 heavy (non-hydrogen) atoms. The second-order valence-corrected chi connectivity index (χ2v) is 4.25. The van der Waals surface area contributed by atoms with Crippen molar-refractivity contribution in [3.05, 3.63) is 29.3 Å². The average molecular weight is 235 g/mol. The van der Waals surface area contributed by atoms with Crippen LogP contribution in [0, 0.1) is 13.8 Å². The summed E-state index contributed by atoms with van der Waals surface area (Å²) in [5, 5.41) is 2.82. The molecule has 1 aromatic rings. The first kappa shape index (κ1) is 13.6. The van der Waals surface area contributed by atoms with Gasteiger partial charge in [-0.2, -0.15) is 0 Å². The molecule has 0 unspecified atom stereocenters. The molecule has 1 rings (SSSR count). The maximum Gasteiger partial charge on any atom is 0.260 e. The van der Waals surface area contributed by atoms with Crippen molar-refractivity contribution in [1.82, 2.24) is 5.32 Å². The molecule has 0 aliphatic carbocycles.